The molecule has 0 aromatic rings. The first-order chi connectivity index (χ1) is 5.60. The molecule has 3 nitrogen and oxygen atoms in total. The lowest BCUT2D eigenvalue weighted by Gasteiger charge is -2.28. The predicted octanol–water partition coefficient (Wildman–Crippen LogP) is 1.02. The van der Waals surface area contributed by atoms with Gasteiger partial charge in [0, 0.05) is 20.3 Å². The Labute approximate surface area is 76.9 Å². The van der Waals surface area contributed by atoms with Crippen LogP contribution in [0.2, 0.25) is 0 Å². The highest BCUT2D eigenvalue weighted by atomic mass is 35.5. The van der Waals surface area contributed by atoms with Crippen molar-refractivity contribution < 1.29 is 0 Å². The van der Waals surface area contributed by atoms with Crippen molar-refractivity contribution in [2.24, 2.45) is 4.99 Å². The van der Waals surface area contributed by atoms with Gasteiger partial charge in [-0.25, -0.2) is 0 Å². The van der Waals surface area contributed by atoms with Crippen LogP contribution in [0.1, 0.15) is 0 Å². The molecule has 64 valence electrons. The quantitative estimate of drug-likeness (QED) is 0.570. The van der Waals surface area contributed by atoms with Crippen LogP contribution in [0.15, 0.2) is 16.8 Å². The summed E-state index contributed by atoms with van der Waals surface area (Å²) in [6.07, 6.45) is 3.44. The Morgan fingerprint density at radius 3 is 2.83 bits per heavy atom. The van der Waals surface area contributed by atoms with Crippen molar-refractivity contribution in [1.82, 2.24) is 4.90 Å². The largest absolute Gasteiger partial charge is 0.379 e. The SMILES string of the molecule is CN(C)C1=CC=NCC1(Cl)C#N. The molecule has 0 bridgehead atoms. The molecular weight excluding hydrogens is 174 g/mol. The molecule has 0 aromatic heterocycles. The van der Waals surface area contributed by atoms with E-state index in [2.05, 4.69) is 11.1 Å². The highest BCUT2D eigenvalue weighted by Crippen LogP contribution is 2.27. The fourth-order valence-electron chi connectivity index (χ4n) is 1.11. The van der Waals surface area contributed by atoms with E-state index < -0.39 is 4.87 Å². The normalized spacial score (nSPS) is 27.7. The number of hydrogen-bond acceptors (Lipinski definition) is 3. The van der Waals surface area contributed by atoms with Crippen LogP contribution >= 0.6 is 11.6 Å². The molecule has 0 spiro atoms. The molecule has 1 aliphatic rings. The van der Waals surface area contributed by atoms with E-state index in [1.54, 1.807) is 12.3 Å². The van der Waals surface area contributed by atoms with Crippen molar-refractivity contribution in [3.8, 4) is 6.07 Å². The maximum Gasteiger partial charge on any atom is 0.189 e. The third-order valence-electron chi connectivity index (χ3n) is 1.71. The fourth-order valence-corrected chi connectivity index (χ4v) is 1.41. The molecule has 1 unspecified atom stereocenters. The fraction of sp³-hybridized carbons (Fsp3) is 0.500. The van der Waals surface area contributed by atoms with Gasteiger partial charge in [-0.05, 0) is 6.08 Å². The minimum Gasteiger partial charge on any atom is -0.379 e. The van der Waals surface area contributed by atoms with Crippen LogP contribution in [-0.2, 0) is 0 Å². The first-order valence-corrected chi connectivity index (χ1v) is 3.96. The Morgan fingerprint density at radius 1 is 1.75 bits per heavy atom. The van der Waals surface area contributed by atoms with Crippen molar-refractivity contribution in [2.75, 3.05) is 20.6 Å². The van der Waals surface area contributed by atoms with E-state index in [1.165, 1.54) is 0 Å². The topological polar surface area (TPSA) is 39.4 Å². The number of allylic oxidation sites excluding steroid dienone is 1. The second-order valence-corrected chi connectivity index (χ2v) is 3.49. The molecule has 0 saturated carbocycles. The van der Waals surface area contributed by atoms with Crippen molar-refractivity contribution in [3.63, 3.8) is 0 Å². The van der Waals surface area contributed by atoms with Crippen molar-refractivity contribution >= 4 is 17.8 Å². The van der Waals surface area contributed by atoms with Crippen molar-refractivity contribution in [1.29, 1.82) is 5.26 Å². The second-order valence-electron chi connectivity index (χ2n) is 2.85. The molecule has 1 heterocycles. The molecule has 12 heavy (non-hydrogen) atoms. The lowest BCUT2D eigenvalue weighted by Crippen LogP contribution is -2.35. The maximum absolute atomic E-state index is 8.85. The van der Waals surface area contributed by atoms with E-state index in [9.17, 15) is 0 Å². The van der Waals surface area contributed by atoms with Gasteiger partial charge in [-0.3, -0.25) is 4.99 Å². The van der Waals surface area contributed by atoms with Crippen LogP contribution in [-0.4, -0.2) is 36.6 Å². The van der Waals surface area contributed by atoms with Gasteiger partial charge in [0.2, 0.25) is 0 Å². The number of alkyl halides is 1. The number of dihydropyridines is 1. The van der Waals surface area contributed by atoms with E-state index in [-0.39, 0.29) is 0 Å². The first kappa shape index (κ1) is 9.08. The summed E-state index contributed by atoms with van der Waals surface area (Å²) in [5.74, 6) is 0. The number of hydrogen-bond donors (Lipinski definition) is 0. The van der Waals surface area contributed by atoms with Gasteiger partial charge >= 0.3 is 0 Å². The highest BCUT2D eigenvalue weighted by Gasteiger charge is 2.34. The predicted molar refractivity (Wildman–Crippen MR) is 49.3 cm³/mol. The summed E-state index contributed by atoms with van der Waals surface area (Å²) in [5.41, 5.74) is 0.793. The van der Waals surface area contributed by atoms with Gasteiger partial charge in [-0.2, -0.15) is 5.26 Å². The Bertz CT molecular complexity index is 275. The Kier molecular flexibility index (Phi) is 2.39. The van der Waals surface area contributed by atoms with Crippen LogP contribution in [0.4, 0.5) is 0 Å². The molecule has 1 rings (SSSR count). The highest BCUT2D eigenvalue weighted by molar-refractivity contribution is 6.28. The summed E-state index contributed by atoms with van der Waals surface area (Å²) in [6, 6.07) is 2.05. The van der Waals surface area contributed by atoms with Gasteiger partial charge in [-0.15, -0.1) is 0 Å². The number of halogens is 1. The molecular formula is C8H10ClN3. The zero-order valence-electron chi connectivity index (χ0n) is 7.08. The molecule has 0 N–H and O–H groups in total. The number of aliphatic imine (C=N–C) groups is 1. The van der Waals surface area contributed by atoms with E-state index in [0.717, 1.165) is 5.70 Å². The summed E-state index contributed by atoms with van der Waals surface area (Å²) < 4.78 is 0. The standard InChI is InChI=1S/C8H10ClN3/c1-12(2)7-3-4-11-6-8(7,9)5-10/h3-4H,6H2,1-2H3. The molecule has 0 radical (unpaired) electrons. The van der Waals surface area contributed by atoms with Crippen LogP contribution in [0.3, 0.4) is 0 Å². The number of nitrogens with zero attached hydrogens (tertiary/aromatic N) is 3. The van der Waals surface area contributed by atoms with Gasteiger partial charge in [0.05, 0.1) is 18.3 Å². The molecule has 4 heteroatoms. The molecule has 1 aliphatic heterocycles. The molecule has 0 amide bonds. The van der Waals surface area contributed by atoms with Crippen molar-refractivity contribution in [2.45, 2.75) is 4.87 Å². The van der Waals surface area contributed by atoms with Gasteiger partial charge in [0.15, 0.2) is 4.87 Å². The average Bonchev–Trinajstić information content (AvgIpc) is 2.05. The molecule has 0 aliphatic carbocycles. The Morgan fingerprint density at radius 2 is 2.42 bits per heavy atom. The number of rotatable bonds is 1. The zero-order valence-corrected chi connectivity index (χ0v) is 7.84. The zero-order chi connectivity index (χ0) is 9.19. The number of nitriles is 1. The van der Waals surface area contributed by atoms with Crippen LogP contribution in [0, 0.1) is 11.3 Å². The van der Waals surface area contributed by atoms with E-state index in [1.807, 2.05) is 19.0 Å². The summed E-state index contributed by atoms with van der Waals surface area (Å²) in [5, 5.41) is 8.85. The van der Waals surface area contributed by atoms with E-state index in [4.69, 9.17) is 16.9 Å². The smallest absolute Gasteiger partial charge is 0.189 e. The third-order valence-corrected chi connectivity index (χ3v) is 2.11. The Balaban J connectivity index is 3.01. The lowest BCUT2D eigenvalue weighted by molar-refractivity contribution is 0.467. The summed E-state index contributed by atoms with van der Waals surface area (Å²) in [7, 11) is 3.72. The molecule has 0 fully saturated rings. The van der Waals surface area contributed by atoms with Crippen LogP contribution in [0.25, 0.3) is 0 Å². The average molecular weight is 184 g/mol. The van der Waals surface area contributed by atoms with Crippen LogP contribution < -0.4 is 0 Å². The van der Waals surface area contributed by atoms with Gasteiger partial charge in [0.25, 0.3) is 0 Å². The summed E-state index contributed by atoms with van der Waals surface area (Å²) >= 11 is 6.04. The molecule has 0 saturated heterocycles. The van der Waals surface area contributed by atoms with Gasteiger partial charge in [-0.1, -0.05) is 11.6 Å². The maximum atomic E-state index is 8.85. The third kappa shape index (κ3) is 1.44. The summed E-state index contributed by atoms with van der Waals surface area (Å²) in [6.45, 7) is 0.328. The molecule has 1 atom stereocenters. The second kappa shape index (κ2) is 3.16. The molecule has 0 aromatic carbocycles. The Hall–Kier alpha value is -1.01. The first-order valence-electron chi connectivity index (χ1n) is 3.58. The lowest BCUT2D eigenvalue weighted by atomic mass is 10.0. The van der Waals surface area contributed by atoms with Crippen LogP contribution in [0.5, 0.6) is 0 Å². The van der Waals surface area contributed by atoms with Crippen molar-refractivity contribution in [3.05, 3.63) is 11.8 Å². The summed E-state index contributed by atoms with van der Waals surface area (Å²) in [4.78, 5) is 4.81. The van der Waals surface area contributed by atoms with Gasteiger partial charge < -0.3 is 4.90 Å². The minimum atomic E-state index is -0.974. The van der Waals surface area contributed by atoms with E-state index >= 15 is 0 Å². The van der Waals surface area contributed by atoms with Gasteiger partial charge in [0.1, 0.15) is 0 Å². The monoisotopic (exact) mass is 183 g/mol. The minimum absolute atomic E-state index is 0.328. The van der Waals surface area contributed by atoms with E-state index in [0.29, 0.717) is 6.54 Å².